The molecule has 1 heterocycles. The molecule has 0 atom stereocenters. The van der Waals surface area contributed by atoms with E-state index in [0.717, 1.165) is 0 Å². The van der Waals surface area contributed by atoms with Crippen LogP contribution in [0.5, 0.6) is 0 Å². The van der Waals surface area contributed by atoms with E-state index in [-0.39, 0.29) is 37.7 Å². The van der Waals surface area contributed by atoms with Gasteiger partial charge in [0, 0.05) is 25.9 Å². The molecule has 1 fully saturated rings. The fourth-order valence-electron chi connectivity index (χ4n) is 1.58. The summed E-state index contributed by atoms with van der Waals surface area (Å²) in [6.45, 7) is 1.29. The van der Waals surface area contributed by atoms with Crippen LogP contribution in [0.4, 0.5) is 0 Å². The lowest BCUT2D eigenvalue weighted by molar-refractivity contribution is -0.137. The molecule has 16 heavy (non-hydrogen) atoms. The summed E-state index contributed by atoms with van der Waals surface area (Å²) in [6, 6.07) is 0. The summed E-state index contributed by atoms with van der Waals surface area (Å²) < 4.78 is 0. The standard InChI is InChI=1S/C12H14N2O2/c1-3-7-13-9-5-12(16)14(8-4-2)10-6-11(13)15/h1-2H,5-10H2. The Balaban J connectivity index is 2.64. The lowest BCUT2D eigenvalue weighted by Gasteiger charge is -2.28. The third-order valence-electron chi connectivity index (χ3n) is 2.46. The molecule has 0 saturated carbocycles. The number of carbonyl (C=O) groups excluding carboxylic acids is 2. The van der Waals surface area contributed by atoms with Gasteiger partial charge >= 0.3 is 0 Å². The highest BCUT2D eigenvalue weighted by atomic mass is 16.2. The molecule has 0 spiro atoms. The van der Waals surface area contributed by atoms with E-state index in [1.165, 1.54) is 9.80 Å². The average Bonchev–Trinajstić information content (AvgIpc) is 2.27. The SMILES string of the molecule is C#CCN1CCC(=O)N(CC#C)CCC1=O. The van der Waals surface area contributed by atoms with Crippen LogP contribution in [0.15, 0.2) is 0 Å². The number of carbonyl (C=O) groups is 2. The molecule has 0 aromatic heterocycles. The number of amides is 2. The van der Waals surface area contributed by atoms with Crippen LogP contribution in [-0.4, -0.2) is 47.8 Å². The monoisotopic (exact) mass is 218 g/mol. The van der Waals surface area contributed by atoms with Crippen molar-refractivity contribution in [3.63, 3.8) is 0 Å². The Morgan fingerprint density at radius 2 is 1.31 bits per heavy atom. The number of hydrogen-bond donors (Lipinski definition) is 0. The number of rotatable bonds is 2. The zero-order chi connectivity index (χ0) is 12.0. The van der Waals surface area contributed by atoms with Crippen LogP contribution in [0, 0.1) is 24.7 Å². The topological polar surface area (TPSA) is 40.6 Å². The van der Waals surface area contributed by atoms with E-state index < -0.39 is 0 Å². The Morgan fingerprint density at radius 1 is 0.938 bits per heavy atom. The molecule has 4 heteroatoms. The van der Waals surface area contributed by atoms with Crippen molar-refractivity contribution < 1.29 is 9.59 Å². The molecule has 1 aliphatic heterocycles. The van der Waals surface area contributed by atoms with E-state index in [4.69, 9.17) is 12.8 Å². The van der Waals surface area contributed by atoms with Crippen molar-refractivity contribution in [2.45, 2.75) is 12.8 Å². The van der Waals surface area contributed by atoms with Crippen LogP contribution in [-0.2, 0) is 9.59 Å². The molecule has 4 nitrogen and oxygen atoms in total. The van der Waals surface area contributed by atoms with E-state index in [0.29, 0.717) is 13.1 Å². The van der Waals surface area contributed by atoms with Crippen molar-refractivity contribution in [3.8, 4) is 24.7 Å². The maximum absolute atomic E-state index is 11.7. The van der Waals surface area contributed by atoms with Gasteiger partial charge in [0.1, 0.15) is 0 Å². The van der Waals surface area contributed by atoms with E-state index in [1.807, 2.05) is 0 Å². The normalized spacial score (nSPS) is 17.4. The smallest absolute Gasteiger partial charge is 0.225 e. The lowest BCUT2D eigenvalue weighted by atomic mass is 10.2. The van der Waals surface area contributed by atoms with Gasteiger partial charge in [0.2, 0.25) is 11.8 Å². The van der Waals surface area contributed by atoms with E-state index in [9.17, 15) is 9.59 Å². The molecule has 0 radical (unpaired) electrons. The van der Waals surface area contributed by atoms with Crippen LogP contribution in [0.3, 0.4) is 0 Å². The predicted octanol–water partition coefficient (Wildman–Crippen LogP) is -0.296. The second kappa shape index (κ2) is 5.82. The Labute approximate surface area is 95.6 Å². The maximum Gasteiger partial charge on any atom is 0.225 e. The van der Waals surface area contributed by atoms with Gasteiger partial charge < -0.3 is 9.80 Å². The van der Waals surface area contributed by atoms with Crippen LogP contribution in [0.25, 0.3) is 0 Å². The molecule has 2 amide bonds. The van der Waals surface area contributed by atoms with Crippen LogP contribution < -0.4 is 0 Å². The van der Waals surface area contributed by atoms with Crippen LogP contribution >= 0.6 is 0 Å². The summed E-state index contributed by atoms with van der Waals surface area (Å²) in [5.41, 5.74) is 0. The lowest BCUT2D eigenvalue weighted by Crippen LogP contribution is -2.43. The van der Waals surface area contributed by atoms with E-state index in [1.54, 1.807) is 0 Å². The largest absolute Gasteiger partial charge is 0.331 e. The Hall–Kier alpha value is -1.94. The first-order chi connectivity index (χ1) is 7.69. The Kier molecular flexibility index (Phi) is 4.42. The third kappa shape index (κ3) is 3.03. The van der Waals surface area contributed by atoms with Crippen molar-refractivity contribution in [1.82, 2.24) is 9.80 Å². The minimum Gasteiger partial charge on any atom is -0.331 e. The molecule has 84 valence electrons. The van der Waals surface area contributed by atoms with Crippen molar-refractivity contribution in [2.75, 3.05) is 26.2 Å². The predicted molar refractivity (Wildman–Crippen MR) is 60.1 cm³/mol. The van der Waals surface area contributed by atoms with Gasteiger partial charge in [0.15, 0.2) is 0 Å². The second-order valence-corrected chi connectivity index (χ2v) is 3.54. The molecular formula is C12H14N2O2. The molecule has 0 aromatic carbocycles. The van der Waals surface area contributed by atoms with Crippen molar-refractivity contribution in [3.05, 3.63) is 0 Å². The third-order valence-corrected chi connectivity index (χ3v) is 2.46. The Morgan fingerprint density at radius 3 is 1.62 bits per heavy atom. The van der Waals surface area contributed by atoms with Gasteiger partial charge in [0.05, 0.1) is 13.1 Å². The molecule has 0 aromatic rings. The van der Waals surface area contributed by atoms with Crippen molar-refractivity contribution in [2.24, 2.45) is 0 Å². The first-order valence-corrected chi connectivity index (χ1v) is 5.11. The summed E-state index contributed by atoms with van der Waals surface area (Å²) in [4.78, 5) is 26.4. The molecule has 0 bridgehead atoms. The number of nitrogens with zero attached hydrogens (tertiary/aromatic N) is 2. The zero-order valence-electron chi connectivity index (χ0n) is 9.11. The second-order valence-electron chi connectivity index (χ2n) is 3.54. The first kappa shape index (κ1) is 12.1. The average molecular weight is 218 g/mol. The van der Waals surface area contributed by atoms with Gasteiger partial charge in [-0.2, -0.15) is 0 Å². The maximum atomic E-state index is 11.7. The highest BCUT2D eigenvalue weighted by Gasteiger charge is 2.22. The molecule has 1 rings (SSSR count). The van der Waals surface area contributed by atoms with Gasteiger partial charge in [0.25, 0.3) is 0 Å². The Bertz CT molecular complexity index is 326. The quantitative estimate of drug-likeness (QED) is 0.597. The fourth-order valence-corrected chi connectivity index (χ4v) is 1.58. The highest BCUT2D eigenvalue weighted by molar-refractivity contribution is 5.82. The van der Waals surface area contributed by atoms with E-state index >= 15 is 0 Å². The number of hydrogen-bond acceptors (Lipinski definition) is 2. The summed E-state index contributed by atoms with van der Waals surface area (Å²) in [5, 5.41) is 0. The summed E-state index contributed by atoms with van der Waals surface area (Å²) in [5.74, 6) is 4.79. The van der Waals surface area contributed by atoms with Crippen LogP contribution in [0.2, 0.25) is 0 Å². The molecule has 0 aliphatic carbocycles. The summed E-state index contributed by atoms with van der Waals surface area (Å²) in [6.07, 6.45) is 10.9. The molecule has 0 N–H and O–H groups in total. The van der Waals surface area contributed by atoms with Gasteiger partial charge in [-0.15, -0.1) is 12.8 Å². The minimum absolute atomic E-state index is 0.0209. The molecular weight excluding hydrogens is 204 g/mol. The van der Waals surface area contributed by atoms with Gasteiger partial charge in [-0.25, -0.2) is 0 Å². The van der Waals surface area contributed by atoms with Crippen molar-refractivity contribution >= 4 is 11.8 Å². The summed E-state index contributed by atoms with van der Waals surface area (Å²) in [7, 11) is 0. The number of terminal acetylenes is 2. The van der Waals surface area contributed by atoms with Gasteiger partial charge in [-0.3, -0.25) is 9.59 Å². The van der Waals surface area contributed by atoms with E-state index in [2.05, 4.69) is 11.8 Å². The van der Waals surface area contributed by atoms with Crippen molar-refractivity contribution in [1.29, 1.82) is 0 Å². The summed E-state index contributed by atoms with van der Waals surface area (Å²) >= 11 is 0. The molecule has 1 aliphatic rings. The van der Waals surface area contributed by atoms with Crippen LogP contribution in [0.1, 0.15) is 12.8 Å². The fraction of sp³-hybridized carbons (Fsp3) is 0.500. The zero-order valence-corrected chi connectivity index (χ0v) is 9.11. The molecule has 0 unspecified atom stereocenters. The van der Waals surface area contributed by atoms with Gasteiger partial charge in [-0.1, -0.05) is 11.8 Å². The molecule has 1 saturated heterocycles. The first-order valence-electron chi connectivity index (χ1n) is 5.11. The highest BCUT2D eigenvalue weighted by Crippen LogP contribution is 2.06. The minimum atomic E-state index is -0.0209. The van der Waals surface area contributed by atoms with Gasteiger partial charge in [-0.05, 0) is 0 Å².